The maximum atomic E-state index is 12.7. The summed E-state index contributed by atoms with van der Waals surface area (Å²) in [6.07, 6.45) is 3.75. The van der Waals surface area contributed by atoms with Crippen molar-refractivity contribution in [1.82, 2.24) is 14.1 Å². The molecule has 126 valence electrons. The summed E-state index contributed by atoms with van der Waals surface area (Å²) in [7, 11) is -3.58. The number of fused-ring (bicyclic) bond motifs is 1. The highest BCUT2D eigenvalue weighted by atomic mass is 32.2. The first-order chi connectivity index (χ1) is 11.3. The van der Waals surface area contributed by atoms with Crippen LogP contribution in [0.4, 0.5) is 0 Å². The van der Waals surface area contributed by atoms with Gasteiger partial charge in [0.15, 0.2) is 0 Å². The third-order valence-corrected chi connectivity index (χ3v) is 5.75. The topological polar surface area (TPSA) is 63.5 Å². The Morgan fingerprint density at radius 3 is 2.38 bits per heavy atom. The van der Waals surface area contributed by atoms with E-state index in [9.17, 15) is 8.42 Å². The van der Waals surface area contributed by atoms with E-state index in [4.69, 9.17) is 0 Å². The molecule has 0 bridgehead atoms. The fourth-order valence-corrected chi connectivity index (χ4v) is 4.57. The summed E-state index contributed by atoms with van der Waals surface area (Å²) < 4.78 is 30.0. The number of sulfonamides is 1. The summed E-state index contributed by atoms with van der Waals surface area (Å²) in [4.78, 5) is 4.86. The van der Waals surface area contributed by atoms with E-state index in [1.807, 2.05) is 68.8 Å². The van der Waals surface area contributed by atoms with Crippen LogP contribution in [-0.4, -0.2) is 17.8 Å². The third kappa shape index (κ3) is 3.07. The van der Waals surface area contributed by atoms with Crippen LogP contribution in [0.5, 0.6) is 0 Å². The first kappa shape index (κ1) is 16.7. The van der Waals surface area contributed by atoms with Crippen LogP contribution in [0.25, 0.3) is 5.65 Å². The minimum absolute atomic E-state index is 0.163. The normalized spacial score (nSPS) is 12.0. The molecule has 0 saturated carbocycles. The Bertz CT molecular complexity index is 997. The van der Waals surface area contributed by atoms with E-state index in [-0.39, 0.29) is 6.54 Å². The van der Waals surface area contributed by atoms with Crippen LogP contribution in [0.2, 0.25) is 0 Å². The fourth-order valence-electron chi connectivity index (χ4n) is 3.12. The molecule has 0 aliphatic carbocycles. The molecule has 2 aromatic heterocycles. The lowest BCUT2D eigenvalue weighted by Gasteiger charge is -2.12. The Labute approximate surface area is 142 Å². The zero-order valence-corrected chi connectivity index (χ0v) is 15.1. The van der Waals surface area contributed by atoms with Gasteiger partial charge in [-0.25, -0.2) is 18.1 Å². The van der Waals surface area contributed by atoms with Crippen molar-refractivity contribution >= 4 is 15.7 Å². The number of hydrogen-bond donors (Lipinski definition) is 1. The van der Waals surface area contributed by atoms with Crippen LogP contribution in [0.15, 0.2) is 41.6 Å². The molecule has 1 N–H and O–H groups in total. The van der Waals surface area contributed by atoms with Crippen molar-refractivity contribution in [3.8, 4) is 0 Å². The van der Waals surface area contributed by atoms with Crippen molar-refractivity contribution < 1.29 is 8.42 Å². The molecule has 0 amide bonds. The van der Waals surface area contributed by atoms with Crippen LogP contribution in [-0.2, 0) is 16.6 Å². The second kappa shape index (κ2) is 6.03. The molecule has 0 aliphatic rings. The van der Waals surface area contributed by atoms with E-state index >= 15 is 0 Å². The Hall–Kier alpha value is -2.18. The molecule has 6 heteroatoms. The van der Waals surface area contributed by atoms with Gasteiger partial charge in [0.05, 0.1) is 17.1 Å². The van der Waals surface area contributed by atoms with E-state index in [0.717, 1.165) is 27.9 Å². The quantitative estimate of drug-likeness (QED) is 0.792. The average molecular weight is 343 g/mol. The van der Waals surface area contributed by atoms with Gasteiger partial charge in [-0.2, -0.15) is 0 Å². The van der Waals surface area contributed by atoms with Gasteiger partial charge in [-0.1, -0.05) is 23.8 Å². The second-order valence-electron chi connectivity index (χ2n) is 6.21. The minimum Gasteiger partial charge on any atom is -0.307 e. The number of nitrogens with one attached hydrogen (secondary N) is 1. The van der Waals surface area contributed by atoms with Crippen molar-refractivity contribution in [3.05, 3.63) is 64.6 Å². The maximum absolute atomic E-state index is 12.7. The van der Waals surface area contributed by atoms with Gasteiger partial charge in [0.1, 0.15) is 5.65 Å². The van der Waals surface area contributed by atoms with Crippen LogP contribution in [0.3, 0.4) is 0 Å². The molecule has 0 aliphatic heterocycles. The molecular weight excluding hydrogens is 322 g/mol. The molecule has 0 saturated heterocycles. The Morgan fingerprint density at radius 2 is 1.75 bits per heavy atom. The molecule has 3 aromatic rings. The third-order valence-electron chi connectivity index (χ3n) is 4.04. The van der Waals surface area contributed by atoms with Gasteiger partial charge in [-0.15, -0.1) is 0 Å². The highest BCUT2D eigenvalue weighted by Crippen LogP contribution is 2.22. The average Bonchev–Trinajstić information content (AvgIpc) is 2.88. The first-order valence-electron chi connectivity index (χ1n) is 7.78. The van der Waals surface area contributed by atoms with E-state index in [1.165, 1.54) is 0 Å². The molecule has 0 fully saturated rings. The molecule has 0 atom stereocenters. The van der Waals surface area contributed by atoms with Crippen LogP contribution >= 0.6 is 0 Å². The van der Waals surface area contributed by atoms with Crippen LogP contribution < -0.4 is 4.72 Å². The van der Waals surface area contributed by atoms with Crippen molar-refractivity contribution in [2.24, 2.45) is 0 Å². The smallest absolute Gasteiger partial charge is 0.241 e. The zero-order chi connectivity index (χ0) is 17.5. The van der Waals surface area contributed by atoms with Gasteiger partial charge < -0.3 is 4.40 Å². The van der Waals surface area contributed by atoms with Crippen LogP contribution in [0, 0.1) is 27.7 Å². The number of aromatic nitrogens is 2. The monoisotopic (exact) mass is 343 g/mol. The summed E-state index contributed by atoms with van der Waals surface area (Å²) in [6.45, 7) is 7.75. The Kier molecular flexibility index (Phi) is 4.19. The summed E-state index contributed by atoms with van der Waals surface area (Å²) in [5.74, 6) is 0. The van der Waals surface area contributed by atoms with Crippen molar-refractivity contribution in [1.29, 1.82) is 0 Å². The number of pyridine rings is 1. The molecule has 24 heavy (non-hydrogen) atoms. The molecular formula is C18H21N3O2S. The van der Waals surface area contributed by atoms with Gasteiger partial charge in [-0.05, 0) is 50.5 Å². The van der Waals surface area contributed by atoms with Crippen LogP contribution in [0.1, 0.15) is 27.9 Å². The molecule has 5 nitrogen and oxygen atoms in total. The maximum Gasteiger partial charge on any atom is 0.241 e. The number of benzene rings is 1. The molecule has 1 aromatic carbocycles. The minimum atomic E-state index is -3.58. The first-order valence-corrected chi connectivity index (χ1v) is 9.27. The Balaban J connectivity index is 1.88. The summed E-state index contributed by atoms with van der Waals surface area (Å²) >= 11 is 0. The number of hydrogen-bond acceptors (Lipinski definition) is 3. The van der Waals surface area contributed by atoms with E-state index in [2.05, 4.69) is 9.71 Å². The van der Waals surface area contributed by atoms with Gasteiger partial charge >= 0.3 is 0 Å². The lowest BCUT2D eigenvalue weighted by atomic mass is 10.1. The number of aryl methyl sites for hydroxylation is 4. The summed E-state index contributed by atoms with van der Waals surface area (Å²) in [5, 5.41) is 0. The number of rotatable bonds is 4. The highest BCUT2D eigenvalue weighted by Gasteiger charge is 2.20. The summed E-state index contributed by atoms with van der Waals surface area (Å²) in [5.41, 5.74) is 5.15. The van der Waals surface area contributed by atoms with Gasteiger partial charge in [0.2, 0.25) is 10.0 Å². The van der Waals surface area contributed by atoms with E-state index in [0.29, 0.717) is 10.6 Å². The molecule has 0 spiro atoms. The van der Waals surface area contributed by atoms with Gasteiger partial charge in [-0.3, -0.25) is 0 Å². The largest absolute Gasteiger partial charge is 0.307 e. The fraction of sp³-hybridized carbons (Fsp3) is 0.278. The van der Waals surface area contributed by atoms with Crippen molar-refractivity contribution in [3.63, 3.8) is 0 Å². The Morgan fingerprint density at radius 1 is 1.08 bits per heavy atom. The molecule has 0 unspecified atom stereocenters. The van der Waals surface area contributed by atoms with Gasteiger partial charge in [0, 0.05) is 12.4 Å². The number of imidazole rings is 1. The standard InChI is InChI=1S/C18H21N3O2S/c1-12-8-14(3)17(15(4)9-12)24(22,23)19-10-16-11-21-7-5-6-13(2)18(21)20-16/h5-9,11,19H,10H2,1-4H3. The lowest BCUT2D eigenvalue weighted by Crippen LogP contribution is -2.25. The van der Waals surface area contributed by atoms with Gasteiger partial charge in [0.25, 0.3) is 0 Å². The SMILES string of the molecule is Cc1cc(C)c(S(=O)(=O)NCc2cn3cccc(C)c3n2)c(C)c1. The molecule has 0 radical (unpaired) electrons. The van der Waals surface area contributed by atoms with Crippen molar-refractivity contribution in [2.45, 2.75) is 39.1 Å². The van der Waals surface area contributed by atoms with Crippen molar-refractivity contribution in [2.75, 3.05) is 0 Å². The highest BCUT2D eigenvalue weighted by molar-refractivity contribution is 7.89. The van der Waals surface area contributed by atoms with E-state index in [1.54, 1.807) is 0 Å². The molecule has 2 heterocycles. The number of nitrogens with zero attached hydrogens (tertiary/aromatic N) is 2. The second-order valence-corrected chi connectivity index (χ2v) is 7.91. The predicted molar refractivity (Wildman–Crippen MR) is 94.6 cm³/mol. The predicted octanol–water partition coefficient (Wildman–Crippen LogP) is 3.05. The molecule has 3 rings (SSSR count). The van der Waals surface area contributed by atoms with E-state index < -0.39 is 10.0 Å². The zero-order valence-electron chi connectivity index (χ0n) is 14.3. The summed E-state index contributed by atoms with van der Waals surface area (Å²) in [6, 6.07) is 7.69. The lowest BCUT2D eigenvalue weighted by molar-refractivity contribution is 0.579.